The van der Waals surface area contributed by atoms with Crippen LogP contribution in [0.4, 0.5) is 4.39 Å². The molecule has 0 aromatic heterocycles. The quantitative estimate of drug-likeness (QED) is 0.716. The van der Waals surface area contributed by atoms with Crippen LogP contribution in [0.25, 0.3) is 0 Å². The van der Waals surface area contributed by atoms with E-state index in [4.69, 9.17) is 0 Å². The highest BCUT2D eigenvalue weighted by molar-refractivity contribution is 5.97. The molecule has 1 unspecified atom stereocenters. The number of carbonyl (C=O) groups excluding carboxylic acids is 3. The molecule has 3 amide bonds. The number of hydrogen-bond acceptors (Lipinski definition) is 3. The summed E-state index contributed by atoms with van der Waals surface area (Å²) in [6, 6.07) is 14.7. The van der Waals surface area contributed by atoms with E-state index in [0.717, 1.165) is 0 Å². The fraction of sp³-hybridized carbons (Fsp3) is 0.375. The number of nitrogens with one attached hydrogen (secondary N) is 2. The van der Waals surface area contributed by atoms with Crippen molar-refractivity contribution in [3.8, 4) is 0 Å². The second-order valence-corrected chi connectivity index (χ2v) is 7.79. The highest BCUT2D eigenvalue weighted by atomic mass is 19.1. The van der Waals surface area contributed by atoms with Crippen molar-refractivity contribution in [2.45, 2.75) is 32.2 Å². The number of amides is 3. The van der Waals surface area contributed by atoms with Crippen LogP contribution in [0.5, 0.6) is 0 Å². The van der Waals surface area contributed by atoms with E-state index in [1.807, 2.05) is 6.07 Å². The smallest absolute Gasteiger partial charge is 0.251 e. The Bertz CT molecular complexity index is 911. The van der Waals surface area contributed by atoms with Crippen LogP contribution in [0.3, 0.4) is 0 Å². The molecule has 0 saturated carbocycles. The van der Waals surface area contributed by atoms with Gasteiger partial charge in [-0.15, -0.1) is 0 Å². The van der Waals surface area contributed by atoms with Crippen molar-refractivity contribution in [3.63, 3.8) is 0 Å². The lowest BCUT2D eigenvalue weighted by atomic mass is 9.95. The van der Waals surface area contributed by atoms with Crippen molar-refractivity contribution in [1.82, 2.24) is 15.5 Å². The number of carbonyl (C=O) groups is 3. The zero-order valence-electron chi connectivity index (χ0n) is 17.6. The van der Waals surface area contributed by atoms with Gasteiger partial charge in [-0.3, -0.25) is 14.4 Å². The Kier molecular flexibility index (Phi) is 7.76. The summed E-state index contributed by atoms with van der Waals surface area (Å²) in [5.41, 5.74) is 1.09. The zero-order valence-corrected chi connectivity index (χ0v) is 17.6. The minimum Gasteiger partial charge on any atom is -0.356 e. The summed E-state index contributed by atoms with van der Waals surface area (Å²) < 4.78 is 13.7. The summed E-state index contributed by atoms with van der Waals surface area (Å²) in [5, 5.41) is 5.61. The fourth-order valence-corrected chi connectivity index (χ4v) is 3.73. The molecule has 1 atom stereocenters. The van der Waals surface area contributed by atoms with Crippen molar-refractivity contribution < 1.29 is 18.8 Å². The normalized spacial score (nSPS) is 15.2. The maximum absolute atomic E-state index is 13.7. The van der Waals surface area contributed by atoms with Gasteiger partial charge in [0, 0.05) is 31.1 Å². The van der Waals surface area contributed by atoms with E-state index in [1.165, 1.54) is 6.07 Å². The van der Waals surface area contributed by atoms with E-state index in [9.17, 15) is 18.8 Å². The number of nitrogens with zero attached hydrogens (tertiary/aromatic N) is 1. The second kappa shape index (κ2) is 10.7. The highest BCUT2D eigenvalue weighted by Crippen LogP contribution is 2.18. The molecule has 0 aliphatic carbocycles. The number of piperidine rings is 1. The molecule has 0 spiro atoms. The molecule has 3 rings (SSSR count). The Morgan fingerprint density at radius 3 is 2.35 bits per heavy atom. The first-order valence-electron chi connectivity index (χ1n) is 10.6. The third kappa shape index (κ3) is 6.13. The van der Waals surface area contributed by atoms with Gasteiger partial charge in [0.15, 0.2) is 0 Å². The number of likely N-dealkylation sites (tertiary alicyclic amines) is 1. The van der Waals surface area contributed by atoms with Gasteiger partial charge in [-0.05, 0) is 49.9 Å². The molecule has 2 N–H and O–H groups in total. The molecule has 164 valence electrons. The van der Waals surface area contributed by atoms with Gasteiger partial charge in [0.1, 0.15) is 11.9 Å². The van der Waals surface area contributed by atoms with E-state index in [0.29, 0.717) is 50.0 Å². The predicted molar refractivity (Wildman–Crippen MR) is 116 cm³/mol. The van der Waals surface area contributed by atoms with Crippen LogP contribution in [-0.4, -0.2) is 48.3 Å². The van der Waals surface area contributed by atoms with Gasteiger partial charge in [0.25, 0.3) is 5.91 Å². The van der Waals surface area contributed by atoms with Gasteiger partial charge in [-0.25, -0.2) is 4.39 Å². The topological polar surface area (TPSA) is 78.5 Å². The van der Waals surface area contributed by atoms with Crippen LogP contribution in [0.1, 0.15) is 35.7 Å². The zero-order chi connectivity index (χ0) is 22.2. The largest absolute Gasteiger partial charge is 0.356 e. The summed E-state index contributed by atoms with van der Waals surface area (Å²) in [7, 11) is 0. The van der Waals surface area contributed by atoms with Crippen molar-refractivity contribution in [2.75, 3.05) is 19.6 Å². The molecule has 7 heteroatoms. The van der Waals surface area contributed by atoms with E-state index >= 15 is 0 Å². The summed E-state index contributed by atoms with van der Waals surface area (Å²) >= 11 is 0. The SMILES string of the molecule is CC(NC(=O)c1ccccc1)C(=O)N1CCC(C(=O)NCCc2ccccc2F)CC1. The highest BCUT2D eigenvalue weighted by Gasteiger charge is 2.29. The van der Waals surface area contributed by atoms with Crippen LogP contribution < -0.4 is 10.6 Å². The lowest BCUT2D eigenvalue weighted by Crippen LogP contribution is -2.50. The number of benzene rings is 2. The van der Waals surface area contributed by atoms with Gasteiger partial charge in [0.2, 0.25) is 11.8 Å². The van der Waals surface area contributed by atoms with E-state index in [-0.39, 0.29) is 29.5 Å². The standard InChI is InChI=1S/C24H28FN3O3/c1-17(27-23(30)19-8-3-2-4-9-19)24(31)28-15-12-20(13-16-28)22(29)26-14-11-18-7-5-6-10-21(18)25/h2-10,17,20H,11-16H2,1H3,(H,26,29)(H,27,30). The van der Waals surface area contributed by atoms with Gasteiger partial charge in [-0.2, -0.15) is 0 Å². The molecular weight excluding hydrogens is 397 g/mol. The van der Waals surface area contributed by atoms with Crippen LogP contribution in [0.15, 0.2) is 54.6 Å². The fourth-order valence-electron chi connectivity index (χ4n) is 3.73. The van der Waals surface area contributed by atoms with E-state index < -0.39 is 6.04 Å². The molecule has 1 fully saturated rings. The minimum absolute atomic E-state index is 0.0612. The van der Waals surface area contributed by atoms with Gasteiger partial charge >= 0.3 is 0 Å². The number of rotatable bonds is 7. The molecule has 0 bridgehead atoms. The third-order valence-electron chi connectivity index (χ3n) is 5.58. The predicted octanol–water partition coefficient (Wildman–Crippen LogP) is 2.54. The van der Waals surface area contributed by atoms with Crippen molar-refractivity contribution in [2.24, 2.45) is 5.92 Å². The average molecular weight is 426 g/mol. The van der Waals surface area contributed by atoms with Crippen LogP contribution in [0, 0.1) is 11.7 Å². The Labute approximate surface area is 181 Å². The van der Waals surface area contributed by atoms with Crippen molar-refractivity contribution in [1.29, 1.82) is 0 Å². The lowest BCUT2D eigenvalue weighted by Gasteiger charge is -2.33. The summed E-state index contributed by atoms with van der Waals surface area (Å²) in [5.74, 6) is -0.932. The van der Waals surface area contributed by atoms with E-state index in [1.54, 1.807) is 54.3 Å². The summed E-state index contributed by atoms with van der Waals surface area (Å²) in [4.78, 5) is 39.0. The van der Waals surface area contributed by atoms with Crippen LogP contribution in [-0.2, 0) is 16.0 Å². The molecule has 2 aromatic carbocycles. The summed E-state index contributed by atoms with van der Waals surface area (Å²) in [6.45, 7) is 2.98. The minimum atomic E-state index is -0.640. The first kappa shape index (κ1) is 22.5. The molecule has 0 radical (unpaired) electrons. The van der Waals surface area contributed by atoms with Gasteiger partial charge < -0.3 is 15.5 Å². The first-order chi connectivity index (χ1) is 15.0. The number of halogens is 1. The first-order valence-corrected chi connectivity index (χ1v) is 10.6. The molecule has 1 aliphatic rings. The number of hydrogen-bond donors (Lipinski definition) is 2. The molecule has 6 nitrogen and oxygen atoms in total. The average Bonchev–Trinajstić information content (AvgIpc) is 2.80. The maximum atomic E-state index is 13.7. The molecule has 1 saturated heterocycles. The van der Waals surface area contributed by atoms with Crippen LogP contribution >= 0.6 is 0 Å². The van der Waals surface area contributed by atoms with Gasteiger partial charge in [0.05, 0.1) is 0 Å². The second-order valence-electron chi connectivity index (χ2n) is 7.79. The molecular formula is C24H28FN3O3. The van der Waals surface area contributed by atoms with Gasteiger partial charge in [-0.1, -0.05) is 36.4 Å². The molecule has 2 aromatic rings. The Hall–Kier alpha value is -3.22. The monoisotopic (exact) mass is 425 g/mol. The Morgan fingerprint density at radius 1 is 1.03 bits per heavy atom. The van der Waals surface area contributed by atoms with E-state index in [2.05, 4.69) is 10.6 Å². The Balaban J connectivity index is 1.41. The third-order valence-corrected chi connectivity index (χ3v) is 5.58. The maximum Gasteiger partial charge on any atom is 0.251 e. The van der Waals surface area contributed by atoms with Crippen molar-refractivity contribution >= 4 is 17.7 Å². The van der Waals surface area contributed by atoms with Crippen molar-refractivity contribution in [3.05, 3.63) is 71.5 Å². The summed E-state index contributed by atoms with van der Waals surface area (Å²) in [6.07, 6.45) is 1.57. The molecule has 1 aliphatic heterocycles. The van der Waals surface area contributed by atoms with Crippen LogP contribution in [0.2, 0.25) is 0 Å². The Morgan fingerprint density at radius 2 is 1.68 bits per heavy atom. The molecule has 1 heterocycles. The molecule has 31 heavy (non-hydrogen) atoms. The lowest BCUT2D eigenvalue weighted by molar-refractivity contribution is -0.136.